The molecule has 0 bridgehead atoms. The van der Waals surface area contributed by atoms with Crippen LogP contribution in [0.25, 0.3) is 5.69 Å². The number of aromatic nitrogens is 3. The number of amides is 2. The van der Waals surface area contributed by atoms with Crippen LogP contribution in [0.15, 0.2) is 84.3 Å². The van der Waals surface area contributed by atoms with Gasteiger partial charge < -0.3 is 4.57 Å². The molecule has 0 unspecified atom stereocenters. The fourth-order valence-corrected chi connectivity index (χ4v) is 4.11. The summed E-state index contributed by atoms with van der Waals surface area (Å²) in [5, 5.41) is 0.735. The van der Waals surface area contributed by atoms with Gasteiger partial charge in [-0.15, -0.1) is 0 Å². The van der Waals surface area contributed by atoms with E-state index in [4.69, 9.17) is 0 Å². The molecule has 2 N–H and O–H groups in total. The van der Waals surface area contributed by atoms with Crippen molar-refractivity contribution < 1.29 is 9.59 Å². The van der Waals surface area contributed by atoms with Crippen molar-refractivity contribution in [2.45, 2.75) is 24.8 Å². The normalized spacial score (nSPS) is 10.6. The highest BCUT2D eigenvalue weighted by molar-refractivity contribution is 7.98. The van der Waals surface area contributed by atoms with Crippen LogP contribution in [0.1, 0.15) is 37.7 Å². The number of nitrogens with one attached hydrogen (secondary N) is 2. The number of hydrogen-bond acceptors (Lipinski definition) is 5. The molecule has 2 heterocycles. The number of carbonyl (C=O) groups excluding carboxylic acids is 2. The van der Waals surface area contributed by atoms with Crippen molar-refractivity contribution in [3.63, 3.8) is 0 Å². The van der Waals surface area contributed by atoms with Gasteiger partial charge in [-0.3, -0.25) is 20.4 Å². The van der Waals surface area contributed by atoms with Gasteiger partial charge in [0.15, 0.2) is 5.16 Å². The standard InChI is InChI=1S/C25H23N5O2S/c1-17-15-18(2)27-25(26-17)33-16-19-5-7-20(8-6-19)23(31)28-29-24(32)21-9-11-22(12-10-21)30-13-3-4-14-30/h3-15H,16H2,1-2H3,(H,28,31)(H,29,32). The summed E-state index contributed by atoms with van der Waals surface area (Å²) in [6, 6.07) is 20.1. The lowest BCUT2D eigenvalue weighted by atomic mass is 10.1. The number of hydrogen-bond donors (Lipinski definition) is 2. The summed E-state index contributed by atoms with van der Waals surface area (Å²) in [5.74, 6) is -0.0754. The molecular formula is C25H23N5O2S. The summed E-state index contributed by atoms with van der Waals surface area (Å²) in [4.78, 5) is 33.6. The zero-order valence-electron chi connectivity index (χ0n) is 18.3. The van der Waals surface area contributed by atoms with Crippen molar-refractivity contribution in [2.24, 2.45) is 0 Å². The van der Waals surface area contributed by atoms with Crippen LogP contribution in [0.3, 0.4) is 0 Å². The Kier molecular flexibility index (Phi) is 6.85. The molecule has 0 aliphatic rings. The molecule has 2 aromatic heterocycles. The summed E-state index contributed by atoms with van der Waals surface area (Å²) in [6.45, 7) is 3.90. The largest absolute Gasteiger partial charge is 0.324 e. The molecule has 4 rings (SSSR count). The minimum Gasteiger partial charge on any atom is -0.324 e. The molecule has 166 valence electrons. The molecule has 0 aliphatic carbocycles. The molecule has 2 aromatic carbocycles. The minimum atomic E-state index is -0.385. The van der Waals surface area contributed by atoms with Crippen LogP contribution in [0, 0.1) is 13.8 Å². The topological polar surface area (TPSA) is 88.9 Å². The third-order valence-corrected chi connectivity index (χ3v) is 5.79. The number of carbonyl (C=O) groups is 2. The molecule has 7 nitrogen and oxygen atoms in total. The first kappa shape index (κ1) is 22.3. The van der Waals surface area contributed by atoms with E-state index in [2.05, 4.69) is 20.8 Å². The van der Waals surface area contributed by atoms with Crippen LogP contribution < -0.4 is 10.9 Å². The highest BCUT2D eigenvalue weighted by Crippen LogP contribution is 2.20. The maximum atomic E-state index is 12.4. The van der Waals surface area contributed by atoms with Crippen LogP contribution in [0.2, 0.25) is 0 Å². The van der Waals surface area contributed by atoms with Gasteiger partial charge in [0.1, 0.15) is 0 Å². The van der Waals surface area contributed by atoms with E-state index in [1.54, 1.807) is 36.0 Å². The average molecular weight is 458 g/mol. The Bertz CT molecular complexity index is 1230. The Morgan fingerprint density at radius 2 is 1.33 bits per heavy atom. The van der Waals surface area contributed by atoms with Gasteiger partial charge in [0, 0.05) is 46.3 Å². The van der Waals surface area contributed by atoms with Crippen molar-refractivity contribution >= 4 is 23.6 Å². The van der Waals surface area contributed by atoms with Crippen LogP contribution in [-0.2, 0) is 5.75 Å². The number of nitrogens with zero attached hydrogens (tertiary/aromatic N) is 3. The molecule has 0 spiro atoms. The van der Waals surface area contributed by atoms with Crippen molar-refractivity contribution in [3.05, 3.63) is 107 Å². The highest BCUT2D eigenvalue weighted by atomic mass is 32.2. The second-order valence-electron chi connectivity index (χ2n) is 7.46. The van der Waals surface area contributed by atoms with E-state index in [1.165, 1.54) is 0 Å². The zero-order chi connectivity index (χ0) is 23.2. The predicted molar refractivity (Wildman–Crippen MR) is 128 cm³/mol. The highest BCUT2D eigenvalue weighted by Gasteiger charge is 2.10. The Balaban J connectivity index is 1.29. The lowest BCUT2D eigenvalue weighted by Gasteiger charge is -2.09. The molecule has 4 aromatic rings. The van der Waals surface area contributed by atoms with Gasteiger partial charge in [-0.2, -0.15) is 0 Å². The molecule has 2 amide bonds. The number of benzene rings is 2. The van der Waals surface area contributed by atoms with Crippen LogP contribution in [0.5, 0.6) is 0 Å². The van der Waals surface area contributed by atoms with E-state index in [1.807, 2.05) is 73.3 Å². The van der Waals surface area contributed by atoms with E-state index in [9.17, 15) is 9.59 Å². The van der Waals surface area contributed by atoms with Crippen LogP contribution >= 0.6 is 11.8 Å². The summed E-state index contributed by atoms with van der Waals surface area (Å²) in [6.07, 6.45) is 3.85. The molecule has 8 heteroatoms. The second-order valence-corrected chi connectivity index (χ2v) is 8.41. The van der Waals surface area contributed by atoms with Gasteiger partial charge in [-0.05, 0) is 74.0 Å². The Morgan fingerprint density at radius 3 is 1.88 bits per heavy atom. The molecular weight excluding hydrogens is 434 g/mol. The quantitative estimate of drug-likeness (QED) is 0.257. The van der Waals surface area contributed by atoms with Gasteiger partial charge in [0.05, 0.1) is 0 Å². The Morgan fingerprint density at radius 1 is 0.818 bits per heavy atom. The summed E-state index contributed by atoms with van der Waals surface area (Å²) in [7, 11) is 0. The van der Waals surface area contributed by atoms with E-state index < -0.39 is 0 Å². The number of thioether (sulfide) groups is 1. The summed E-state index contributed by atoms with van der Waals surface area (Å²) < 4.78 is 1.95. The molecule has 0 fully saturated rings. The Labute approximate surface area is 196 Å². The van der Waals surface area contributed by atoms with Crippen molar-refractivity contribution in [1.82, 2.24) is 25.4 Å². The molecule has 0 saturated heterocycles. The SMILES string of the molecule is Cc1cc(C)nc(SCc2ccc(C(=O)NNC(=O)c3ccc(-n4cccc4)cc3)cc2)n1. The zero-order valence-corrected chi connectivity index (χ0v) is 19.1. The number of hydrazine groups is 1. The minimum absolute atomic E-state index is 0.385. The van der Waals surface area contributed by atoms with Crippen LogP contribution in [-0.4, -0.2) is 26.3 Å². The molecule has 33 heavy (non-hydrogen) atoms. The van der Waals surface area contributed by atoms with E-state index >= 15 is 0 Å². The van der Waals surface area contributed by atoms with Gasteiger partial charge >= 0.3 is 0 Å². The predicted octanol–water partition coefficient (Wildman–Crippen LogP) is 4.25. The van der Waals surface area contributed by atoms with Crippen molar-refractivity contribution in [1.29, 1.82) is 0 Å². The smallest absolute Gasteiger partial charge is 0.269 e. The first-order valence-corrected chi connectivity index (χ1v) is 11.3. The van der Waals surface area contributed by atoms with Gasteiger partial charge in [0.2, 0.25) is 0 Å². The molecule has 0 aliphatic heterocycles. The first-order chi connectivity index (χ1) is 16.0. The average Bonchev–Trinajstić information content (AvgIpc) is 3.36. The van der Waals surface area contributed by atoms with E-state index in [-0.39, 0.29) is 11.8 Å². The summed E-state index contributed by atoms with van der Waals surface area (Å²) in [5.41, 5.74) is 9.70. The summed E-state index contributed by atoms with van der Waals surface area (Å²) >= 11 is 1.55. The fraction of sp³-hybridized carbons (Fsp3) is 0.120. The number of aryl methyl sites for hydroxylation is 2. The third kappa shape index (κ3) is 5.87. The lowest BCUT2D eigenvalue weighted by Crippen LogP contribution is -2.41. The number of rotatable bonds is 6. The van der Waals surface area contributed by atoms with Gasteiger partial charge in [0.25, 0.3) is 11.8 Å². The monoisotopic (exact) mass is 457 g/mol. The van der Waals surface area contributed by atoms with Gasteiger partial charge in [-0.25, -0.2) is 9.97 Å². The maximum Gasteiger partial charge on any atom is 0.269 e. The third-order valence-electron chi connectivity index (χ3n) is 4.87. The van der Waals surface area contributed by atoms with Gasteiger partial charge in [-0.1, -0.05) is 23.9 Å². The van der Waals surface area contributed by atoms with E-state index in [0.717, 1.165) is 27.8 Å². The molecule has 0 radical (unpaired) electrons. The fourth-order valence-electron chi connectivity index (χ4n) is 3.21. The lowest BCUT2D eigenvalue weighted by molar-refractivity contribution is 0.0846. The van der Waals surface area contributed by atoms with Crippen LogP contribution in [0.4, 0.5) is 0 Å². The maximum absolute atomic E-state index is 12.4. The Hall–Kier alpha value is -3.91. The van der Waals surface area contributed by atoms with Crippen molar-refractivity contribution in [2.75, 3.05) is 0 Å². The van der Waals surface area contributed by atoms with Crippen molar-refractivity contribution in [3.8, 4) is 5.69 Å². The van der Waals surface area contributed by atoms with E-state index in [0.29, 0.717) is 16.9 Å². The first-order valence-electron chi connectivity index (χ1n) is 10.4. The second kappa shape index (κ2) is 10.1. The molecule has 0 saturated carbocycles. The molecule has 0 atom stereocenters.